The van der Waals surface area contributed by atoms with Gasteiger partial charge in [-0.1, -0.05) is 35.5 Å². The lowest BCUT2D eigenvalue weighted by molar-refractivity contribution is -0.113. The van der Waals surface area contributed by atoms with Gasteiger partial charge in [0, 0.05) is 10.7 Å². The molecule has 0 aliphatic heterocycles. The molecule has 1 aromatic heterocycles. The summed E-state index contributed by atoms with van der Waals surface area (Å²) in [5, 5.41) is 13.0. The Morgan fingerprint density at radius 2 is 1.96 bits per heavy atom. The summed E-state index contributed by atoms with van der Waals surface area (Å²) in [4.78, 5) is 28.0. The first-order valence-corrected chi connectivity index (χ1v) is 8.71. The number of halogens is 1. The van der Waals surface area contributed by atoms with Gasteiger partial charge in [0.25, 0.3) is 0 Å². The molecule has 0 unspecified atom stereocenters. The molecule has 0 atom stereocenters. The minimum absolute atomic E-state index is 0.0400. The van der Waals surface area contributed by atoms with E-state index in [1.807, 2.05) is 13.0 Å². The van der Waals surface area contributed by atoms with Crippen LogP contribution >= 0.6 is 23.4 Å². The highest BCUT2D eigenvalue weighted by Gasteiger charge is 2.18. The lowest BCUT2D eigenvalue weighted by atomic mass is 10.2. The molecule has 0 aliphatic carbocycles. The number of thioether (sulfide) groups is 1. The third-order valence-corrected chi connectivity index (χ3v) is 4.70. The second-order valence-electron chi connectivity index (χ2n) is 5.30. The maximum absolute atomic E-state index is 12.1. The maximum atomic E-state index is 12.1. The van der Waals surface area contributed by atoms with Crippen LogP contribution in [-0.2, 0) is 4.79 Å². The van der Waals surface area contributed by atoms with E-state index in [1.165, 1.54) is 0 Å². The molecule has 2 N–H and O–H groups in total. The number of aromatic nitrogens is 2. The van der Waals surface area contributed by atoms with Gasteiger partial charge in [-0.25, -0.2) is 14.3 Å². The van der Waals surface area contributed by atoms with Crippen molar-refractivity contribution in [1.82, 2.24) is 9.55 Å². The van der Waals surface area contributed by atoms with Gasteiger partial charge in [-0.05, 0) is 42.8 Å². The highest BCUT2D eigenvalue weighted by molar-refractivity contribution is 7.99. The van der Waals surface area contributed by atoms with Gasteiger partial charge < -0.3 is 10.4 Å². The minimum atomic E-state index is -1.13. The molecule has 0 saturated carbocycles. The van der Waals surface area contributed by atoms with Crippen LogP contribution in [0.2, 0.25) is 5.02 Å². The highest BCUT2D eigenvalue weighted by atomic mass is 35.5. The first kappa shape index (κ1) is 17.3. The molecular formula is C17H14ClN3O3S. The predicted molar refractivity (Wildman–Crippen MR) is 98.7 cm³/mol. The minimum Gasteiger partial charge on any atom is -0.464 e. The van der Waals surface area contributed by atoms with Gasteiger partial charge in [-0.2, -0.15) is 0 Å². The number of rotatable bonds is 4. The van der Waals surface area contributed by atoms with Gasteiger partial charge in [0.05, 0.1) is 16.8 Å². The number of fused-ring (bicyclic) bond motifs is 1. The Kier molecular flexibility index (Phi) is 4.96. The number of carbonyl (C=O) groups excluding carboxylic acids is 1. The number of hydrogen-bond acceptors (Lipinski definition) is 4. The Balaban J connectivity index is 1.77. The molecule has 0 spiro atoms. The molecule has 1 heterocycles. The van der Waals surface area contributed by atoms with Crippen molar-refractivity contribution < 1.29 is 14.7 Å². The summed E-state index contributed by atoms with van der Waals surface area (Å²) in [7, 11) is 0. The fraction of sp³-hybridized carbons (Fsp3) is 0.118. The van der Waals surface area contributed by atoms with Crippen molar-refractivity contribution in [3.05, 3.63) is 53.1 Å². The molecule has 0 aliphatic rings. The molecular weight excluding hydrogens is 362 g/mol. The third kappa shape index (κ3) is 3.78. The number of carbonyl (C=O) groups is 2. The van der Waals surface area contributed by atoms with E-state index in [1.54, 1.807) is 36.4 Å². The van der Waals surface area contributed by atoms with E-state index in [4.69, 9.17) is 11.6 Å². The van der Waals surface area contributed by atoms with Crippen molar-refractivity contribution in [3.8, 4) is 0 Å². The zero-order valence-corrected chi connectivity index (χ0v) is 14.8. The van der Waals surface area contributed by atoms with Crippen LogP contribution in [0.4, 0.5) is 10.5 Å². The molecule has 6 nitrogen and oxygen atoms in total. The fourth-order valence-corrected chi connectivity index (χ4v) is 3.28. The zero-order chi connectivity index (χ0) is 18.0. The van der Waals surface area contributed by atoms with Gasteiger partial charge in [0.15, 0.2) is 5.16 Å². The number of carboxylic acid groups (broad SMARTS) is 1. The van der Waals surface area contributed by atoms with Crippen LogP contribution in [0.1, 0.15) is 5.56 Å². The number of nitrogens with one attached hydrogen (secondary N) is 1. The van der Waals surface area contributed by atoms with Gasteiger partial charge in [0.1, 0.15) is 0 Å². The Hall–Kier alpha value is -2.51. The number of aryl methyl sites for hydroxylation is 1. The molecule has 3 rings (SSSR count). The van der Waals surface area contributed by atoms with Gasteiger partial charge in [-0.3, -0.25) is 4.79 Å². The van der Waals surface area contributed by atoms with E-state index in [9.17, 15) is 14.7 Å². The number of anilines is 1. The van der Waals surface area contributed by atoms with E-state index < -0.39 is 6.09 Å². The van der Waals surface area contributed by atoms with Gasteiger partial charge in [0.2, 0.25) is 5.91 Å². The van der Waals surface area contributed by atoms with E-state index in [-0.39, 0.29) is 16.8 Å². The monoisotopic (exact) mass is 375 g/mol. The SMILES string of the molecule is Cc1cccc2c1nc(SCC(=O)Nc1ccc(Cl)cc1)n2C(=O)O. The van der Waals surface area contributed by atoms with E-state index in [2.05, 4.69) is 10.3 Å². The van der Waals surface area contributed by atoms with Gasteiger partial charge >= 0.3 is 6.09 Å². The summed E-state index contributed by atoms with van der Waals surface area (Å²) >= 11 is 6.88. The average molecular weight is 376 g/mol. The number of nitrogens with zero attached hydrogens (tertiary/aromatic N) is 2. The second-order valence-corrected chi connectivity index (χ2v) is 6.68. The number of hydrogen-bond donors (Lipinski definition) is 2. The van der Waals surface area contributed by atoms with Crippen LogP contribution in [-0.4, -0.2) is 32.4 Å². The topological polar surface area (TPSA) is 84.2 Å². The second kappa shape index (κ2) is 7.16. The lowest BCUT2D eigenvalue weighted by Gasteiger charge is -2.05. The van der Waals surface area contributed by atoms with Crippen LogP contribution in [0, 0.1) is 6.92 Å². The summed E-state index contributed by atoms with van der Waals surface area (Å²) < 4.78 is 1.10. The number of imidazole rings is 1. The molecule has 0 fully saturated rings. The lowest BCUT2D eigenvalue weighted by Crippen LogP contribution is -2.15. The quantitative estimate of drug-likeness (QED) is 0.666. The summed E-state index contributed by atoms with van der Waals surface area (Å²) in [6.45, 7) is 1.86. The van der Waals surface area contributed by atoms with E-state index in [0.717, 1.165) is 21.9 Å². The molecule has 25 heavy (non-hydrogen) atoms. The number of para-hydroxylation sites is 1. The Morgan fingerprint density at radius 3 is 2.64 bits per heavy atom. The van der Waals surface area contributed by atoms with Crippen LogP contribution < -0.4 is 5.32 Å². The maximum Gasteiger partial charge on any atom is 0.418 e. The summed E-state index contributed by atoms with van der Waals surface area (Å²) in [6, 6.07) is 12.1. The average Bonchev–Trinajstić information content (AvgIpc) is 2.95. The normalized spacial score (nSPS) is 10.8. The standard InChI is InChI=1S/C17H14ClN3O3S/c1-10-3-2-4-13-15(10)20-16(21(13)17(23)24)25-9-14(22)19-12-7-5-11(18)6-8-12/h2-8H,9H2,1H3,(H,19,22)(H,23,24). The smallest absolute Gasteiger partial charge is 0.418 e. The molecule has 128 valence electrons. The van der Waals surface area contributed by atoms with Crippen molar-refractivity contribution in [1.29, 1.82) is 0 Å². The van der Waals surface area contributed by atoms with Crippen molar-refractivity contribution in [2.24, 2.45) is 0 Å². The van der Waals surface area contributed by atoms with Crippen molar-refractivity contribution >= 4 is 52.1 Å². The predicted octanol–water partition coefficient (Wildman–Crippen LogP) is 4.26. The van der Waals surface area contributed by atoms with Crippen LogP contribution in [0.25, 0.3) is 11.0 Å². The van der Waals surface area contributed by atoms with Crippen molar-refractivity contribution in [3.63, 3.8) is 0 Å². The number of amides is 1. The Labute approximate surface area is 152 Å². The molecule has 2 aromatic carbocycles. The molecule has 3 aromatic rings. The highest BCUT2D eigenvalue weighted by Crippen LogP contribution is 2.26. The van der Waals surface area contributed by atoms with Gasteiger partial charge in [-0.15, -0.1) is 0 Å². The Morgan fingerprint density at radius 1 is 1.24 bits per heavy atom. The fourth-order valence-electron chi connectivity index (χ4n) is 2.36. The third-order valence-electron chi connectivity index (χ3n) is 3.51. The largest absolute Gasteiger partial charge is 0.464 e. The van der Waals surface area contributed by atoms with Crippen LogP contribution in [0.5, 0.6) is 0 Å². The van der Waals surface area contributed by atoms with Crippen LogP contribution in [0.15, 0.2) is 47.6 Å². The first-order valence-electron chi connectivity index (χ1n) is 7.35. The van der Waals surface area contributed by atoms with Crippen LogP contribution in [0.3, 0.4) is 0 Å². The molecule has 8 heteroatoms. The Bertz CT molecular complexity index is 954. The van der Waals surface area contributed by atoms with Crippen molar-refractivity contribution in [2.75, 3.05) is 11.1 Å². The molecule has 1 amide bonds. The van der Waals surface area contributed by atoms with Crippen molar-refractivity contribution in [2.45, 2.75) is 12.1 Å². The zero-order valence-electron chi connectivity index (χ0n) is 13.2. The van der Waals surface area contributed by atoms with E-state index in [0.29, 0.717) is 21.7 Å². The summed E-state index contributed by atoms with van der Waals surface area (Å²) in [5.74, 6) is -0.216. The van der Waals surface area contributed by atoms with E-state index >= 15 is 0 Å². The summed E-state index contributed by atoms with van der Waals surface area (Å²) in [6.07, 6.45) is -1.13. The molecule has 0 saturated heterocycles. The summed E-state index contributed by atoms with van der Waals surface area (Å²) in [5.41, 5.74) is 2.63. The first-order chi connectivity index (χ1) is 12.0. The molecule has 0 bridgehead atoms. The molecule has 0 radical (unpaired) electrons. The number of benzene rings is 2.